The predicted molar refractivity (Wildman–Crippen MR) is 74.4 cm³/mol. The van der Waals surface area contributed by atoms with E-state index in [-0.39, 0.29) is 11.8 Å². The third-order valence-electron chi connectivity index (χ3n) is 3.80. The van der Waals surface area contributed by atoms with Gasteiger partial charge in [0.2, 0.25) is 5.91 Å². The molecule has 0 saturated heterocycles. The van der Waals surface area contributed by atoms with E-state index in [9.17, 15) is 4.79 Å². The normalized spacial score (nSPS) is 16.4. The van der Waals surface area contributed by atoms with Crippen LogP contribution >= 0.6 is 0 Å². The minimum atomic E-state index is -0.513. The molecule has 1 amide bonds. The van der Waals surface area contributed by atoms with E-state index >= 15 is 0 Å². The lowest BCUT2D eigenvalue weighted by atomic mass is 9.96. The number of hydrogen-bond donors (Lipinski definition) is 0. The highest BCUT2D eigenvalue weighted by Gasteiger charge is 2.27. The van der Waals surface area contributed by atoms with Gasteiger partial charge < -0.3 is 4.90 Å². The molecule has 19 heavy (non-hydrogen) atoms. The minimum absolute atomic E-state index is 0.00898. The van der Waals surface area contributed by atoms with Gasteiger partial charge >= 0.3 is 0 Å². The maximum atomic E-state index is 12.4. The molecule has 0 saturated carbocycles. The summed E-state index contributed by atoms with van der Waals surface area (Å²) in [6.07, 6.45) is 1.77. The average Bonchev–Trinajstić information content (AvgIpc) is 2.61. The molecule has 3 heteroatoms. The summed E-state index contributed by atoms with van der Waals surface area (Å²) in [5.74, 6) is -0.449. The second kappa shape index (κ2) is 5.88. The van der Waals surface area contributed by atoms with Gasteiger partial charge in [-0.2, -0.15) is 5.26 Å². The van der Waals surface area contributed by atoms with Gasteiger partial charge in [-0.3, -0.25) is 4.79 Å². The van der Waals surface area contributed by atoms with E-state index in [2.05, 4.69) is 18.2 Å². The van der Waals surface area contributed by atoms with Crippen molar-refractivity contribution >= 4 is 5.91 Å². The predicted octanol–water partition coefficient (Wildman–Crippen LogP) is 2.41. The van der Waals surface area contributed by atoms with Crippen LogP contribution in [0.5, 0.6) is 0 Å². The molecule has 0 spiro atoms. The highest BCUT2D eigenvalue weighted by atomic mass is 16.2. The first-order valence-corrected chi connectivity index (χ1v) is 6.88. The van der Waals surface area contributed by atoms with E-state index < -0.39 is 5.92 Å². The van der Waals surface area contributed by atoms with Crippen molar-refractivity contribution in [1.82, 2.24) is 4.90 Å². The third kappa shape index (κ3) is 2.96. The first-order valence-electron chi connectivity index (χ1n) is 6.88. The zero-order valence-electron chi connectivity index (χ0n) is 11.6. The summed E-state index contributed by atoms with van der Waals surface area (Å²) in [4.78, 5) is 14.2. The monoisotopic (exact) mass is 256 g/mol. The third-order valence-corrected chi connectivity index (χ3v) is 3.80. The van der Waals surface area contributed by atoms with Gasteiger partial charge in [-0.25, -0.2) is 0 Å². The summed E-state index contributed by atoms with van der Waals surface area (Å²) in [5.41, 5.74) is 2.66. The van der Waals surface area contributed by atoms with Crippen molar-refractivity contribution in [2.45, 2.75) is 26.7 Å². The van der Waals surface area contributed by atoms with Crippen LogP contribution in [0.4, 0.5) is 0 Å². The number of benzene rings is 1. The van der Waals surface area contributed by atoms with Crippen molar-refractivity contribution in [3.63, 3.8) is 0 Å². The Morgan fingerprint density at radius 1 is 1.21 bits per heavy atom. The number of nitrogens with zero attached hydrogens (tertiary/aromatic N) is 2. The van der Waals surface area contributed by atoms with Gasteiger partial charge in [-0.05, 0) is 29.9 Å². The van der Waals surface area contributed by atoms with Crippen LogP contribution in [0.25, 0.3) is 0 Å². The van der Waals surface area contributed by atoms with Crippen LogP contribution in [0.15, 0.2) is 24.3 Å². The maximum absolute atomic E-state index is 12.4. The van der Waals surface area contributed by atoms with Gasteiger partial charge in [0.05, 0.1) is 6.07 Å². The van der Waals surface area contributed by atoms with Crippen LogP contribution in [0.2, 0.25) is 0 Å². The molecule has 1 unspecified atom stereocenters. The minimum Gasteiger partial charge on any atom is -0.341 e. The molecule has 2 rings (SSSR count). The van der Waals surface area contributed by atoms with Gasteiger partial charge in [0, 0.05) is 13.1 Å². The Hall–Kier alpha value is -1.82. The van der Waals surface area contributed by atoms with E-state index in [0.29, 0.717) is 0 Å². The van der Waals surface area contributed by atoms with E-state index in [4.69, 9.17) is 5.26 Å². The van der Waals surface area contributed by atoms with E-state index in [1.54, 1.807) is 0 Å². The van der Waals surface area contributed by atoms with Gasteiger partial charge in [0.1, 0.15) is 5.92 Å². The summed E-state index contributed by atoms with van der Waals surface area (Å²) < 4.78 is 0. The largest absolute Gasteiger partial charge is 0.341 e. The molecule has 0 aliphatic carbocycles. The highest BCUT2D eigenvalue weighted by Crippen LogP contribution is 2.19. The fraction of sp³-hybridized carbons (Fsp3) is 0.500. The Kier molecular flexibility index (Phi) is 4.21. The molecule has 0 fully saturated rings. The number of rotatable bonds is 2. The first kappa shape index (κ1) is 13.6. The van der Waals surface area contributed by atoms with Crippen LogP contribution in [-0.2, 0) is 17.6 Å². The molecule has 1 aromatic carbocycles. The standard InChI is InChI=1S/C16H20N2O/c1-12(2)15(11-17)16(19)18-9-7-13-5-3-4-6-14(13)8-10-18/h3-6,12,15H,7-10H2,1-2H3. The van der Waals surface area contributed by atoms with E-state index in [1.165, 1.54) is 11.1 Å². The van der Waals surface area contributed by atoms with E-state index in [1.807, 2.05) is 30.9 Å². The Bertz CT molecular complexity index is 475. The Morgan fingerprint density at radius 2 is 1.74 bits per heavy atom. The van der Waals surface area contributed by atoms with Gasteiger partial charge in [-0.15, -0.1) is 0 Å². The summed E-state index contributed by atoms with van der Waals surface area (Å²) in [7, 11) is 0. The highest BCUT2D eigenvalue weighted by molar-refractivity contribution is 5.81. The molecule has 0 radical (unpaired) electrons. The zero-order chi connectivity index (χ0) is 13.8. The fourth-order valence-corrected chi connectivity index (χ4v) is 2.57. The van der Waals surface area contributed by atoms with Crippen molar-refractivity contribution in [2.24, 2.45) is 11.8 Å². The van der Waals surface area contributed by atoms with Crippen molar-refractivity contribution in [2.75, 3.05) is 13.1 Å². The van der Waals surface area contributed by atoms with E-state index in [0.717, 1.165) is 25.9 Å². The van der Waals surface area contributed by atoms with Gasteiger partial charge in [0.25, 0.3) is 0 Å². The molecular formula is C16H20N2O. The van der Waals surface area contributed by atoms with Crippen LogP contribution in [0.1, 0.15) is 25.0 Å². The second-order valence-electron chi connectivity index (χ2n) is 5.44. The second-order valence-corrected chi connectivity index (χ2v) is 5.44. The molecule has 1 heterocycles. The summed E-state index contributed by atoms with van der Waals surface area (Å²) in [6.45, 7) is 5.30. The summed E-state index contributed by atoms with van der Waals surface area (Å²) in [6, 6.07) is 10.5. The Labute approximate surface area is 114 Å². The van der Waals surface area contributed by atoms with Crippen molar-refractivity contribution in [3.05, 3.63) is 35.4 Å². The number of carbonyl (C=O) groups is 1. The zero-order valence-corrected chi connectivity index (χ0v) is 11.6. The lowest BCUT2D eigenvalue weighted by Gasteiger charge is -2.24. The SMILES string of the molecule is CC(C)C(C#N)C(=O)N1CCc2ccccc2CC1. The molecule has 1 atom stereocenters. The molecule has 0 aromatic heterocycles. The summed E-state index contributed by atoms with van der Waals surface area (Å²) >= 11 is 0. The molecular weight excluding hydrogens is 236 g/mol. The molecule has 3 nitrogen and oxygen atoms in total. The van der Waals surface area contributed by atoms with Gasteiger partial charge in [0.15, 0.2) is 0 Å². The average molecular weight is 256 g/mol. The number of amides is 1. The smallest absolute Gasteiger partial charge is 0.240 e. The van der Waals surface area contributed by atoms with Crippen LogP contribution < -0.4 is 0 Å². The number of carbonyl (C=O) groups excluding carboxylic acids is 1. The quantitative estimate of drug-likeness (QED) is 0.815. The lowest BCUT2D eigenvalue weighted by Crippen LogP contribution is -2.39. The molecule has 0 bridgehead atoms. The van der Waals surface area contributed by atoms with Crippen molar-refractivity contribution in [1.29, 1.82) is 5.26 Å². The van der Waals surface area contributed by atoms with Crippen molar-refractivity contribution < 1.29 is 4.79 Å². The van der Waals surface area contributed by atoms with Crippen LogP contribution in [0, 0.1) is 23.2 Å². The first-order chi connectivity index (χ1) is 9.13. The van der Waals surface area contributed by atoms with Crippen LogP contribution in [-0.4, -0.2) is 23.9 Å². The van der Waals surface area contributed by atoms with Crippen molar-refractivity contribution in [3.8, 4) is 6.07 Å². The molecule has 1 aromatic rings. The van der Waals surface area contributed by atoms with Gasteiger partial charge in [-0.1, -0.05) is 38.1 Å². The van der Waals surface area contributed by atoms with Crippen LogP contribution in [0.3, 0.4) is 0 Å². The summed E-state index contributed by atoms with van der Waals surface area (Å²) in [5, 5.41) is 9.14. The fourth-order valence-electron chi connectivity index (χ4n) is 2.57. The maximum Gasteiger partial charge on any atom is 0.240 e. The number of fused-ring (bicyclic) bond motifs is 1. The lowest BCUT2D eigenvalue weighted by molar-refractivity contribution is -0.134. The topological polar surface area (TPSA) is 44.1 Å². The number of nitriles is 1. The molecule has 100 valence electrons. The molecule has 1 aliphatic heterocycles. The number of hydrogen-bond acceptors (Lipinski definition) is 2. The molecule has 1 aliphatic rings. The molecule has 0 N–H and O–H groups in total. The Balaban J connectivity index is 2.10. The Morgan fingerprint density at radius 3 is 2.16 bits per heavy atom.